The maximum atomic E-state index is 5.04. The van der Waals surface area contributed by atoms with Crippen molar-refractivity contribution in [2.75, 3.05) is 14.1 Å². The summed E-state index contributed by atoms with van der Waals surface area (Å²) < 4.78 is 0. The van der Waals surface area contributed by atoms with Crippen molar-refractivity contribution in [2.45, 2.75) is 6.92 Å². The first-order valence-corrected chi connectivity index (χ1v) is 6.31. The molecule has 0 radical (unpaired) electrons. The van der Waals surface area contributed by atoms with Crippen LogP contribution in [-0.2, 0) is 0 Å². The maximum Gasteiger partial charge on any atom is 0.205 e. The number of nitrogens with zero attached hydrogens (tertiary/aromatic N) is 3. The van der Waals surface area contributed by atoms with Gasteiger partial charge in [-0.15, -0.1) is 0 Å². The van der Waals surface area contributed by atoms with E-state index in [4.69, 9.17) is 24.4 Å². The van der Waals surface area contributed by atoms with E-state index >= 15 is 0 Å². The van der Waals surface area contributed by atoms with Crippen LogP contribution in [0.1, 0.15) is 12.6 Å². The van der Waals surface area contributed by atoms with E-state index in [9.17, 15) is 0 Å². The smallest absolute Gasteiger partial charge is 0.205 e. The van der Waals surface area contributed by atoms with E-state index in [0.717, 1.165) is 11.4 Å². The molecule has 0 aliphatic carbocycles. The van der Waals surface area contributed by atoms with Gasteiger partial charge in [0.25, 0.3) is 0 Å². The third-order valence-corrected chi connectivity index (χ3v) is 2.71. The highest BCUT2D eigenvalue weighted by Gasteiger charge is 2.00. The highest BCUT2D eigenvalue weighted by molar-refractivity contribution is 7.80. The summed E-state index contributed by atoms with van der Waals surface area (Å²) in [4.78, 5) is 5.92. The lowest BCUT2D eigenvalue weighted by Crippen LogP contribution is -2.49. The van der Waals surface area contributed by atoms with E-state index in [-0.39, 0.29) is 0 Å². The van der Waals surface area contributed by atoms with Gasteiger partial charge in [-0.3, -0.25) is 21.3 Å². The Kier molecular flexibility index (Phi) is 6.10. The predicted molar refractivity (Wildman–Crippen MR) is 84.7 cm³/mol. The maximum absolute atomic E-state index is 5.04. The zero-order chi connectivity index (χ0) is 14.3. The fraction of sp³-hybridized carbons (Fsp3) is 0.273. The second-order valence-corrected chi connectivity index (χ2v) is 4.60. The van der Waals surface area contributed by atoms with E-state index in [1.807, 2.05) is 39.2 Å². The molecule has 0 saturated heterocycles. The Morgan fingerprint density at radius 3 is 2.58 bits per heavy atom. The molecule has 0 bridgehead atoms. The number of thiocarbonyl (C=S) groups is 2. The number of aromatic nitrogens is 1. The Morgan fingerprint density at radius 1 is 1.26 bits per heavy atom. The summed E-state index contributed by atoms with van der Waals surface area (Å²) in [6, 6.07) is 5.62. The zero-order valence-electron chi connectivity index (χ0n) is 11.0. The van der Waals surface area contributed by atoms with Crippen LogP contribution in [0.15, 0.2) is 29.5 Å². The van der Waals surface area contributed by atoms with Crippen LogP contribution < -0.4 is 16.3 Å². The molecule has 102 valence electrons. The lowest BCUT2D eigenvalue weighted by molar-refractivity contribution is 0.592. The van der Waals surface area contributed by atoms with Crippen LogP contribution in [-0.4, -0.2) is 39.9 Å². The molecule has 1 aromatic rings. The summed E-state index contributed by atoms with van der Waals surface area (Å²) >= 11 is 10.1. The fourth-order valence-corrected chi connectivity index (χ4v) is 1.17. The number of hydrogen-bond acceptors (Lipinski definition) is 4. The van der Waals surface area contributed by atoms with E-state index in [2.05, 4.69) is 26.4 Å². The molecule has 19 heavy (non-hydrogen) atoms. The van der Waals surface area contributed by atoms with Gasteiger partial charge in [-0.2, -0.15) is 5.10 Å². The van der Waals surface area contributed by atoms with Crippen LogP contribution in [0.3, 0.4) is 0 Å². The van der Waals surface area contributed by atoms with Crippen LogP contribution in [0.25, 0.3) is 0 Å². The van der Waals surface area contributed by atoms with Crippen LogP contribution >= 0.6 is 24.4 Å². The highest BCUT2D eigenvalue weighted by atomic mass is 32.1. The van der Waals surface area contributed by atoms with Crippen molar-refractivity contribution in [3.8, 4) is 0 Å². The molecule has 1 heterocycles. The number of nitrogens with one attached hydrogen (secondary N) is 3. The van der Waals surface area contributed by atoms with Gasteiger partial charge in [0, 0.05) is 20.3 Å². The number of hydrazine groups is 1. The second-order valence-electron chi connectivity index (χ2n) is 3.80. The molecule has 1 rings (SSSR count). The third-order valence-electron chi connectivity index (χ3n) is 2.05. The van der Waals surface area contributed by atoms with Crippen molar-refractivity contribution < 1.29 is 0 Å². The lowest BCUT2D eigenvalue weighted by Gasteiger charge is -2.16. The van der Waals surface area contributed by atoms with Crippen molar-refractivity contribution >= 4 is 40.4 Å². The average Bonchev–Trinajstić information content (AvgIpc) is 2.42. The van der Waals surface area contributed by atoms with Gasteiger partial charge < -0.3 is 4.90 Å². The Balaban J connectivity index is 2.43. The highest BCUT2D eigenvalue weighted by Crippen LogP contribution is 1.94. The van der Waals surface area contributed by atoms with Crippen molar-refractivity contribution in [3.05, 3.63) is 30.1 Å². The summed E-state index contributed by atoms with van der Waals surface area (Å²) in [5.74, 6) is 0. The summed E-state index contributed by atoms with van der Waals surface area (Å²) in [6.07, 6.45) is 1.71. The average molecular weight is 296 g/mol. The molecule has 0 amide bonds. The molecule has 3 N–H and O–H groups in total. The molecule has 1 aromatic heterocycles. The van der Waals surface area contributed by atoms with Gasteiger partial charge in [0.05, 0.1) is 11.4 Å². The SMILES string of the molecule is C/C(=N/NC(=S)NNC(=S)N(C)C)c1ccccn1. The molecule has 0 aliphatic rings. The van der Waals surface area contributed by atoms with Gasteiger partial charge in [0.15, 0.2) is 5.11 Å². The minimum absolute atomic E-state index is 0.319. The molecule has 0 fully saturated rings. The van der Waals surface area contributed by atoms with Gasteiger partial charge >= 0.3 is 0 Å². The van der Waals surface area contributed by atoms with Gasteiger partial charge in [0.1, 0.15) is 0 Å². The molecule has 0 saturated carbocycles. The Morgan fingerprint density at radius 2 is 2.00 bits per heavy atom. The first-order chi connectivity index (χ1) is 9.00. The molecule has 0 unspecified atom stereocenters. The van der Waals surface area contributed by atoms with Crippen molar-refractivity contribution in [1.82, 2.24) is 26.2 Å². The Hall–Kier alpha value is -1.80. The van der Waals surface area contributed by atoms with Gasteiger partial charge in [-0.25, -0.2) is 0 Å². The minimum Gasteiger partial charge on any atom is -0.354 e. The minimum atomic E-state index is 0.319. The summed E-state index contributed by atoms with van der Waals surface area (Å²) in [7, 11) is 3.66. The summed E-state index contributed by atoms with van der Waals surface area (Å²) in [5, 5.41) is 4.96. The van der Waals surface area contributed by atoms with Gasteiger partial charge in [0.2, 0.25) is 5.11 Å². The summed E-state index contributed by atoms with van der Waals surface area (Å²) in [5.41, 5.74) is 9.72. The van der Waals surface area contributed by atoms with Gasteiger partial charge in [-0.1, -0.05) is 6.07 Å². The molecular formula is C11H16N6S2. The fourth-order valence-electron chi connectivity index (χ4n) is 1.02. The number of pyridine rings is 1. The number of hydrogen-bond donors (Lipinski definition) is 3. The first kappa shape index (κ1) is 15.3. The van der Waals surface area contributed by atoms with Gasteiger partial charge in [-0.05, 0) is 43.5 Å². The summed E-state index contributed by atoms with van der Waals surface area (Å²) in [6.45, 7) is 1.84. The first-order valence-electron chi connectivity index (χ1n) is 5.49. The topological polar surface area (TPSA) is 64.6 Å². The Labute approximate surface area is 123 Å². The van der Waals surface area contributed by atoms with E-state index in [1.165, 1.54) is 0 Å². The van der Waals surface area contributed by atoms with Crippen molar-refractivity contribution in [1.29, 1.82) is 0 Å². The van der Waals surface area contributed by atoms with E-state index in [1.54, 1.807) is 11.1 Å². The molecule has 0 atom stereocenters. The largest absolute Gasteiger partial charge is 0.354 e. The predicted octanol–water partition coefficient (Wildman–Crippen LogP) is 0.621. The third kappa shape index (κ3) is 5.58. The number of hydrazone groups is 1. The van der Waals surface area contributed by atoms with Crippen molar-refractivity contribution in [2.24, 2.45) is 5.10 Å². The molecular weight excluding hydrogens is 280 g/mol. The molecule has 0 aromatic carbocycles. The van der Waals surface area contributed by atoms with Crippen molar-refractivity contribution in [3.63, 3.8) is 0 Å². The second kappa shape index (κ2) is 7.59. The van der Waals surface area contributed by atoms with Crippen LogP contribution in [0.2, 0.25) is 0 Å². The van der Waals surface area contributed by atoms with E-state index in [0.29, 0.717) is 10.2 Å². The molecule has 8 heteroatoms. The quantitative estimate of drug-likeness (QED) is 0.420. The number of rotatable bonds is 2. The Bertz CT molecular complexity index is 471. The van der Waals surface area contributed by atoms with E-state index < -0.39 is 0 Å². The monoisotopic (exact) mass is 296 g/mol. The molecule has 0 aliphatic heterocycles. The van der Waals surface area contributed by atoms with Crippen LogP contribution in [0.5, 0.6) is 0 Å². The standard InChI is InChI=1S/C11H16N6S2/c1-8(9-6-4-5-7-12-9)13-14-10(18)15-16-11(19)17(2)3/h4-7H,1-3H3,(H,16,19)(H2,14,15,18)/b13-8-. The zero-order valence-corrected chi connectivity index (χ0v) is 12.6. The molecule has 0 spiro atoms. The lowest BCUT2D eigenvalue weighted by atomic mass is 10.3. The normalized spacial score (nSPS) is 10.6. The van der Waals surface area contributed by atoms with Crippen LogP contribution in [0.4, 0.5) is 0 Å². The molecule has 6 nitrogen and oxygen atoms in total. The van der Waals surface area contributed by atoms with Crippen LogP contribution in [0, 0.1) is 0 Å².